The number of ether oxygens (including phenoxy) is 1. The van der Waals surface area contributed by atoms with Gasteiger partial charge in [-0.15, -0.1) is 11.3 Å². The van der Waals surface area contributed by atoms with E-state index in [0.29, 0.717) is 18.3 Å². The van der Waals surface area contributed by atoms with Gasteiger partial charge in [0, 0.05) is 11.5 Å². The molecule has 0 saturated heterocycles. The first-order valence-corrected chi connectivity index (χ1v) is 8.29. The molecule has 1 aliphatic rings. The molecule has 1 unspecified atom stereocenters. The maximum Gasteiger partial charge on any atom is 0.261 e. The van der Waals surface area contributed by atoms with Crippen molar-refractivity contribution in [2.24, 2.45) is 0 Å². The molecule has 0 spiro atoms. The van der Waals surface area contributed by atoms with Gasteiger partial charge in [0.15, 0.2) is 0 Å². The first kappa shape index (κ1) is 14.5. The molecule has 2 aromatic heterocycles. The fourth-order valence-corrected chi connectivity index (χ4v) is 3.99. The fourth-order valence-electron chi connectivity index (χ4n) is 2.84. The Morgan fingerprint density at radius 3 is 2.90 bits per heavy atom. The van der Waals surface area contributed by atoms with Crippen LogP contribution in [0.25, 0.3) is 11.5 Å². The highest BCUT2D eigenvalue weighted by molar-refractivity contribution is 7.16. The minimum Gasteiger partial charge on any atom is -0.390 e. The van der Waals surface area contributed by atoms with E-state index in [-0.39, 0.29) is 0 Å². The minimum atomic E-state index is -0.509. The number of nitrogens with zero attached hydrogens (tertiary/aromatic N) is 2. The lowest BCUT2D eigenvalue weighted by atomic mass is 10.0. The van der Waals surface area contributed by atoms with Gasteiger partial charge in [0.05, 0.1) is 10.6 Å². The second-order valence-corrected chi connectivity index (χ2v) is 6.67. The van der Waals surface area contributed by atoms with E-state index in [1.807, 2.05) is 13.8 Å². The van der Waals surface area contributed by atoms with Crippen molar-refractivity contribution < 1.29 is 9.26 Å². The average molecular weight is 307 g/mol. The van der Waals surface area contributed by atoms with E-state index in [4.69, 9.17) is 15.0 Å². The molecule has 5 nitrogen and oxygen atoms in total. The van der Waals surface area contributed by atoms with Gasteiger partial charge in [0.1, 0.15) is 5.60 Å². The topological polar surface area (TPSA) is 74.2 Å². The Morgan fingerprint density at radius 2 is 2.19 bits per heavy atom. The summed E-state index contributed by atoms with van der Waals surface area (Å²) in [6, 6.07) is 0. The van der Waals surface area contributed by atoms with Gasteiger partial charge in [0.25, 0.3) is 5.89 Å². The van der Waals surface area contributed by atoms with Gasteiger partial charge in [-0.05, 0) is 45.1 Å². The van der Waals surface area contributed by atoms with Crippen LogP contribution < -0.4 is 5.73 Å². The van der Waals surface area contributed by atoms with Gasteiger partial charge in [-0.3, -0.25) is 0 Å². The van der Waals surface area contributed by atoms with Crippen LogP contribution in [-0.4, -0.2) is 16.7 Å². The highest BCUT2D eigenvalue weighted by Gasteiger charge is 2.33. The first-order valence-electron chi connectivity index (χ1n) is 7.47. The number of nitrogens with two attached hydrogens (primary N) is 1. The molecule has 2 heterocycles. The quantitative estimate of drug-likeness (QED) is 0.914. The number of rotatable bonds is 5. The number of nitrogen functional groups attached to an aromatic ring is 1. The molecule has 2 aromatic rings. The molecule has 0 amide bonds. The Kier molecular flexibility index (Phi) is 3.75. The normalized spacial score (nSPS) is 16.9. The number of aryl methyl sites for hydroxylation is 1. The summed E-state index contributed by atoms with van der Waals surface area (Å²) in [5.41, 5.74) is 7.88. The van der Waals surface area contributed by atoms with Crippen molar-refractivity contribution in [2.45, 2.75) is 52.1 Å². The number of hydrogen-bond donors (Lipinski definition) is 1. The highest BCUT2D eigenvalue weighted by Crippen LogP contribution is 2.43. The molecule has 1 atom stereocenters. The number of aromatic nitrogens is 2. The summed E-state index contributed by atoms with van der Waals surface area (Å²) in [5.74, 6) is 1.13. The number of thiophene rings is 1. The molecule has 0 aromatic carbocycles. The predicted molar refractivity (Wildman–Crippen MR) is 83.3 cm³/mol. The van der Waals surface area contributed by atoms with Gasteiger partial charge >= 0.3 is 0 Å². The molecule has 0 bridgehead atoms. The van der Waals surface area contributed by atoms with Crippen LogP contribution in [-0.2, 0) is 23.2 Å². The zero-order valence-electron chi connectivity index (χ0n) is 12.7. The largest absolute Gasteiger partial charge is 0.390 e. The van der Waals surface area contributed by atoms with Crippen LogP contribution in [0.3, 0.4) is 0 Å². The van der Waals surface area contributed by atoms with Crippen LogP contribution >= 0.6 is 11.3 Å². The lowest BCUT2D eigenvalue weighted by Crippen LogP contribution is -2.26. The summed E-state index contributed by atoms with van der Waals surface area (Å²) in [5, 5.41) is 4.92. The second kappa shape index (κ2) is 5.42. The third-order valence-electron chi connectivity index (χ3n) is 4.20. The average Bonchev–Trinajstić information content (AvgIpc) is 3.14. The Balaban J connectivity index is 1.99. The molecule has 0 radical (unpaired) electrons. The van der Waals surface area contributed by atoms with Gasteiger partial charge < -0.3 is 15.0 Å². The lowest BCUT2D eigenvalue weighted by molar-refractivity contribution is -0.0403. The van der Waals surface area contributed by atoms with Crippen molar-refractivity contribution in [1.82, 2.24) is 10.1 Å². The lowest BCUT2D eigenvalue weighted by Gasteiger charge is -2.23. The molecule has 21 heavy (non-hydrogen) atoms. The molecule has 0 aliphatic heterocycles. The Bertz CT molecular complexity index is 649. The second-order valence-electron chi connectivity index (χ2n) is 5.54. The van der Waals surface area contributed by atoms with Crippen molar-refractivity contribution in [1.29, 1.82) is 0 Å². The molecule has 0 fully saturated rings. The summed E-state index contributed by atoms with van der Waals surface area (Å²) in [6.07, 6.45) is 4.13. The molecule has 6 heteroatoms. The molecule has 114 valence electrons. The van der Waals surface area contributed by atoms with Crippen LogP contribution in [0, 0.1) is 0 Å². The van der Waals surface area contributed by atoms with E-state index in [9.17, 15) is 0 Å². The molecular formula is C15H21N3O2S. The van der Waals surface area contributed by atoms with Crippen molar-refractivity contribution >= 4 is 16.3 Å². The molecule has 1 aliphatic carbocycles. The summed E-state index contributed by atoms with van der Waals surface area (Å²) in [6.45, 7) is 6.64. The van der Waals surface area contributed by atoms with E-state index >= 15 is 0 Å². The Morgan fingerprint density at radius 1 is 1.38 bits per heavy atom. The number of fused-ring (bicyclic) bond motifs is 1. The maximum atomic E-state index is 6.15. The molecule has 0 saturated carbocycles. The van der Waals surface area contributed by atoms with Crippen LogP contribution in [0.5, 0.6) is 0 Å². The van der Waals surface area contributed by atoms with E-state index in [1.165, 1.54) is 16.9 Å². The van der Waals surface area contributed by atoms with Crippen LogP contribution in [0.15, 0.2) is 4.52 Å². The van der Waals surface area contributed by atoms with Gasteiger partial charge in [0.2, 0.25) is 5.82 Å². The maximum absolute atomic E-state index is 6.15. The third kappa shape index (κ3) is 2.36. The van der Waals surface area contributed by atoms with Crippen LogP contribution in [0.1, 0.15) is 49.9 Å². The highest BCUT2D eigenvalue weighted by atomic mass is 32.1. The van der Waals surface area contributed by atoms with E-state index in [2.05, 4.69) is 17.1 Å². The van der Waals surface area contributed by atoms with Crippen LogP contribution in [0.4, 0.5) is 5.00 Å². The van der Waals surface area contributed by atoms with Crippen LogP contribution in [0.2, 0.25) is 0 Å². The van der Waals surface area contributed by atoms with Crippen molar-refractivity contribution in [3.05, 3.63) is 16.3 Å². The summed E-state index contributed by atoms with van der Waals surface area (Å²) < 4.78 is 11.3. The van der Waals surface area contributed by atoms with Gasteiger partial charge in [-0.1, -0.05) is 12.1 Å². The first-order chi connectivity index (χ1) is 10.1. The van der Waals surface area contributed by atoms with E-state index < -0.39 is 5.60 Å². The third-order valence-corrected chi connectivity index (χ3v) is 5.32. The van der Waals surface area contributed by atoms with Gasteiger partial charge in [-0.25, -0.2) is 0 Å². The predicted octanol–water partition coefficient (Wildman–Crippen LogP) is 3.53. The monoisotopic (exact) mass is 307 g/mol. The summed E-state index contributed by atoms with van der Waals surface area (Å²) in [4.78, 5) is 5.94. The molecule has 3 rings (SSSR count). The molecular weight excluding hydrogens is 286 g/mol. The zero-order valence-corrected chi connectivity index (χ0v) is 13.5. The van der Waals surface area contributed by atoms with Gasteiger partial charge in [-0.2, -0.15) is 4.98 Å². The number of hydrogen-bond acceptors (Lipinski definition) is 6. The van der Waals surface area contributed by atoms with Crippen molar-refractivity contribution in [3.8, 4) is 11.5 Å². The van der Waals surface area contributed by atoms with Crippen molar-refractivity contribution in [3.63, 3.8) is 0 Å². The van der Waals surface area contributed by atoms with E-state index in [1.54, 1.807) is 11.3 Å². The van der Waals surface area contributed by atoms with Crippen molar-refractivity contribution in [2.75, 3.05) is 12.3 Å². The standard InChI is InChI=1S/C15H21N3O2S/c1-4-15(3,19-5-2)14-17-13(20-18-14)11-9-7-6-8-10(9)21-12(11)16/h4-8,16H2,1-3H3. The fraction of sp³-hybridized carbons (Fsp3) is 0.600. The Labute approximate surface area is 128 Å². The minimum absolute atomic E-state index is 0.509. The Hall–Kier alpha value is -1.40. The van der Waals surface area contributed by atoms with E-state index in [0.717, 1.165) is 29.8 Å². The molecule has 2 N–H and O–H groups in total. The number of anilines is 1. The SMILES string of the molecule is CCOC(C)(CC)c1noc(-c2c(N)sc3c2CCC3)n1. The smallest absolute Gasteiger partial charge is 0.261 e. The summed E-state index contributed by atoms with van der Waals surface area (Å²) >= 11 is 1.65. The zero-order chi connectivity index (χ0) is 15.0. The summed E-state index contributed by atoms with van der Waals surface area (Å²) in [7, 11) is 0.